The molecule has 2 aromatic carbocycles. The molecule has 0 aliphatic carbocycles. The van der Waals surface area contributed by atoms with Crippen LogP contribution in [0.25, 0.3) is 23.1 Å². The minimum atomic E-state index is -4.55. The number of aromatic amines is 1. The van der Waals surface area contributed by atoms with E-state index in [-0.39, 0.29) is 30.1 Å². The van der Waals surface area contributed by atoms with Crippen molar-refractivity contribution in [3.8, 4) is 0 Å². The number of aromatic nitrogens is 4. The zero-order valence-electron chi connectivity index (χ0n) is 23.0. The summed E-state index contributed by atoms with van der Waals surface area (Å²) in [5.74, 6) is 0.109. The fourth-order valence-corrected chi connectivity index (χ4v) is 5.29. The summed E-state index contributed by atoms with van der Waals surface area (Å²) in [6.07, 6.45) is 4.65. The molecule has 0 bridgehead atoms. The molecule has 5 aromatic rings. The van der Waals surface area contributed by atoms with Crippen molar-refractivity contribution in [2.24, 2.45) is 0 Å². The van der Waals surface area contributed by atoms with Crippen LogP contribution in [0.5, 0.6) is 0 Å². The Morgan fingerprint density at radius 1 is 1.10 bits per heavy atom. The molecular formula is C31H29F3N6OS. The highest BCUT2D eigenvalue weighted by Crippen LogP contribution is 2.35. The van der Waals surface area contributed by atoms with Crippen LogP contribution in [0.2, 0.25) is 0 Å². The third-order valence-electron chi connectivity index (χ3n) is 6.56. The Bertz CT molecular complexity index is 1710. The number of alkyl halides is 3. The SMILES string of the molecule is CN(C)c1ccn(Cc2ccc(NC(=O)CCSc3ccc4c(C=Cc5ccccn5)n[nH]c4c3)cc2C(F)(F)F)c1. The van der Waals surface area contributed by atoms with Crippen LogP contribution >= 0.6 is 11.8 Å². The molecule has 0 fully saturated rings. The van der Waals surface area contributed by atoms with Crippen molar-refractivity contribution in [3.63, 3.8) is 0 Å². The largest absolute Gasteiger partial charge is 0.416 e. The Hall–Kier alpha value is -4.51. The second-order valence-electron chi connectivity index (χ2n) is 9.86. The van der Waals surface area contributed by atoms with E-state index in [1.54, 1.807) is 23.2 Å². The fourth-order valence-electron chi connectivity index (χ4n) is 4.40. The molecule has 42 heavy (non-hydrogen) atoms. The van der Waals surface area contributed by atoms with Crippen molar-refractivity contribution in [2.75, 3.05) is 30.1 Å². The maximum atomic E-state index is 13.9. The van der Waals surface area contributed by atoms with E-state index in [2.05, 4.69) is 20.5 Å². The lowest BCUT2D eigenvalue weighted by atomic mass is 10.1. The van der Waals surface area contributed by atoms with Gasteiger partial charge in [0.05, 0.1) is 28.2 Å². The van der Waals surface area contributed by atoms with Gasteiger partial charge in [-0.2, -0.15) is 18.3 Å². The molecule has 216 valence electrons. The van der Waals surface area contributed by atoms with E-state index in [1.165, 1.54) is 23.9 Å². The summed E-state index contributed by atoms with van der Waals surface area (Å²) in [4.78, 5) is 19.7. The molecule has 2 N–H and O–H groups in total. The molecule has 0 spiro atoms. The molecule has 0 atom stereocenters. The first-order chi connectivity index (χ1) is 20.2. The third kappa shape index (κ3) is 7.22. The van der Waals surface area contributed by atoms with E-state index in [0.29, 0.717) is 5.75 Å². The zero-order chi connectivity index (χ0) is 29.7. The molecular weight excluding hydrogens is 561 g/mol. The Labute approximate surface area is 245 Å². The van der Waals surface area contributed by atoms with E-state index in [0.717, 1.165) is 38.9 Å². The van der Waals surface area contributed by atoms with Gasteiger partial charge in [0.15, 0.2) is 0 Å². The maximum absolute atomic E-state index is 13.9. The van der Waals surface area contributed by atoms with Gasteiger partial charge in [-0.15, -0.1) is 11.8 Å². The molecule has 0 aliphatic rings. The molecule has 0 saturated heterocycles. The molecule has 1 amide bonds. The number of nitrogens with one attached hydrogen (secondary N) is 2. The van der Waals surface area contributed by atoms with Crippen LogP contribution in [-0.4, -0.2) is 45.5 Å². The molecule has 5 rings (SSSR count). The smallest absolute Gasteiger partial charge is 0.376 e. The number of carbonyl (C=O) groups is 1. The van der Waals surface area contributed by atoms with Gasteiger partial charge in [0.1, 0.15) is 0 Å². The average Bonchev–Trinajstić information content (AvgIpc) is 3.60. The number of rotatable bonds is 10. The van der Waals surface area contributed by atoms with Crippen molar-refractivity contribution < 1.29 is 18.0 Å². The van der Waals surface area contributed by atoms with Gasteiger partial charge < -0.3 is 14.8 Å². The number of anilines is 2. The maximum Gasteiger partial charge on any atom is 0.416 e. The number of carbonyl (C=O) groups excluding carboxylic acids is 1. The quantitative estimate of drug-likeness (QED) is 0.169. The number of fused-ring (bicyclic) bond motifs is 1. The number of hydrogen-bond acceptors (Lipinski definition) is 5. The van der Waals surface area contributed by atoms with Gasteiger partial charge in [0, 0.05) is 67.4 Å². The van der Waals surface area contributed by atoms with Crippen molar-refractivity contribution in [1.82, 2.24) is 19.7 Å². The first-order valence-electron chi connectivity index (χ1n) is 13.2. The molecule has 0 radical (unpaired) electrons. The predicted octanol–water partition coefficient (Wildman–Crippen LogP) is 7.18. The highest BCUT2D eigenvalue weighted by molar-refractivity contribution is 7.99. The molecule has 0 saturated carbocycles. The number of amides is 1. The van der Waals surface area contributed by atoms with Gasteiger partial charge in [-0.1, -0.05) is 12.1 Å². The summed E-state index contributed by atoms with van der Waals surface area (Å²) in [6, 6.07) is 17.3. The second kappa shape index (κ2) is 12.6. The lowest BCUT2D eigenvalue weighted by Gasteiger charge is -2.16. The Morgan fingerprint density at radius 3 is 2.69 bits per heavy atom. The number of H-pyrrole nitrogens is 1. The highest BCUT2D eigenvalue weighted by atomic mass is 32.2. The molecule has 0 aliphatic heterocycles. The van der Waals surface area contributed by atoms with Gasteiger partial charge in [-0.3, -0.25) is 14.9 Å². The first-order valence-corrected chi connectivity index (χ1v) is 14.2. The number of thioether (sulfide) groups is 1. The van der Waals surface area contributed by atoms with Gasteiger partial charge in [-0.05, 0) is 66.2 Å². The van der Waals surface area contributed by atoms with E-state index in [1.807, 2.05) is 73.6 Å². The van der Waals surface area contributed by atoms with Crippen molar-refractivity contribution in [2.45, 2.75) is 24.0 Å². The van der Waals surface area contributed by atoms with Gasteiger partial charge in [-0.25, -0.2) is 0 Å². The van der Waals surface area contributed by atoms with Crippen LogP contribution in [0.15, 0.2) is 84.1 Å². The number of hydrogen-bond donors (Lipinski definition) is 2. The zero-order valence-corrected chi connectivity index (χ0v) is 23.8. The fraction of sp³-hybridized carbons (Fsp3) is 0.194. The summed E-state index contributed by atoms with van der Waals surface area (Å²) >= 11 is 1.49. The summed E-state index contributed by atoms with van der Waals surface area (Å²) in [5, 5.41) is 11.0. The first kappa shape index (κ1) is 29.0. The van der Waals surface area contributed by atoms with Crippen LogP contribution in [0.4, 0.5) is 24.5 Å². The van der Waals surface area contributed by atoms with Gasteiger partial charge in [0.2, 0.25) is 5.91 Å². The number of halogens is 3. The molecule has 7 nitrogen and oxygen atoms in total. The summed E-state index contributed by atoms with van der Waals surface area (Å²) in [5.41, 5.74) is 2.87. The minimum Gasteiger partial charge on any atom is -0.376 e. The molecule has 3 aromatic heterocycles. The standard InChI is InChI=1S/C31H29F3N6OS/c1-39(2)24-12-15-40(20-24)19-21-6-7-23(17-27(21)31(32,33)34)36-30(41)13-16-42-25-9-10-26-28(37-38-29(26)18-25)11-8-22-5-3-4-14-35-22/h3-12,14-15,17-18,20H,13,16,19H2,1-2H3,(H,36,41)(H,37,38). The number of nitrogens with zero attached hydrogens (tertiary/aromatic N) is 4. The van der Waals surface area contributed by atoms with Crippen LogP contribution < -0.4 is 10.2 Å². The molecule has 0 unspecified atom stereocenters. The Morgan fingerprint density at radius 2 is 1.95 bits per heavy atom. The Kier molecular flexibility index (Phi) is 8.67. The van der Waals surface area contributed by atoms with Gasteiger partial charge >= 0.3 is 6.18 Å². The normalized spacial score (nSPS) is 11.8. The average molecular weight is 591 g/mol. The lowest BCUT2D eigenvalue weighted by Crippen LogP contribution is -2.15. The van der Waals surface area contributed by atoms with Crippen LogP contribution in [0.3, 0.4) is 0 Å². The third-order valence-corrected chi connectivity index (χ3v) is 7.56. The lowest BCUT2D eigenvalue weighted by molar-refractivity contribution is -0.138. The summed E-state index contributed by atoms with van der Waals surface area (Å²) in [6.45, 7) is 0.0657. The van der Waals surface area contributed by atoms with E-state index >= 15 is 0 Å². The number of benzene rings is 2. The van der Waals surface area contributed by atoms with Crippen LogP contribution in [0, 0.1) is 0 Å². The van der Waals surface area contributed by atoms with Gasteiger partial charge in [0.25, 0.3) is 0 Å². The summed E-state index contributed by atoms with van der Waals surface area (Å²) in [7, 11) is 3.74. The monoisotopic (exact) mass is 590 g/mol. The van der Waals surface area contributed by atoms with Crippen LogP contribution in [-0.2, 0) is 17.5 Å². The second-order valence-corrected chi connectivity index (χ2v) is 11.0. The van der Waals surface area contributed by atoms with E-state index in [9.17, 15) is 18.0 Å². The van der Waals surface area contributed by atoms with Crippen molar-refractivity contribution in [1.29, 1.82) is 0 Å². The molecule has 11 heteroatoms. The molecule has 3 heterocycles. The Balaban J connectivity index is 1.18. The van der Waals surface area contributed by atoms with Crippen molar-refractivity contribution >= 4 is 52.1 Å². The summed E-state index contributed by atoms with van der Waals surface area (Å²) < 4.78 is 43.3. The van der Waals surface area contributed by atoms with E-state index < -0.39 is 11.7 Å². The van der Waals surface area contributed by atoms with Crippen LogP contribution in [0.1, 0.15) is 28.9 Å². The minimum absolute atomic E-state index is 0.0657. The highest BCUT2D eigenvalue weighted by Gasteiger charge is 2.33. The topological polar surface area (TPSA) is 78.8 Å². The van der Waals surface area contributed by atoms with Crippen molar-refractivity contribution in [3.05, 3.63) is 102 Å². The van der Waals surface area contributed by atoms with E-state index in [4.69, 9.17) is 0 Å². The number of pyridine rings is 1. The predicted molar refractivity (Wildman–Crippen MR) is 163 cm³/mol.